The molecule has 204 valence electrons. The summed E-state index contributed by atoms with van der Waals surface area (Å²) in [5, 5.41) is 0.218. The molecule has 0 amide bonds. The number of hydrogen-bond acceptors (Lipinski definition) is 8. The van der Waals surface area contributed by atoms with E-state index in [1.807, 2.05) is 10.6 Å². The van der Waals surface area contributed by atoms with Crippen LogP contribution in [0.25, 0.3) is 22.4 Å². The number of pyridine rings is 2. The Balaban J connectivity index is 1.43. The first kappa shape index (κ1) is 25.8. The molecule has 0 bridgehead atoms. The summed E-state index contributed by atoms with van der Waals surface area (Å²) in [6.07, 6.45) is 6.07. The fourth-order valence-electron chi connectivity index (χ4n) is 5.20. The Morgan fingerprint density at radius 2 is 1.93 bits per heavy atom. The van der Waals surface area contributed by atoms with Crippen LogP contribution in [0.5, 0.6) is 0 Å². The maximum atomic E-state index is 14.1. The lowest BCUT2D eigenvalue weighted by molar-refractivity contribution is 0.345. The van der Waals surface area contributed by atoms with Crippen molar-refractivity contribution >= 4 is 34.3 Å². The SMILES string of the molecule is Nc1ncnc2c1ncn2Cc1cc(-c2ccc(F)c(F)c2)ncc1N1CCC[C@](N)(c2cc(=O)cc(Cl)[nH]2)C1. The van der Waals surface area contributed by atoms with Gasteiger partial charge in [0.25, 0.3) is 0 Å². The Bertz CT molecular complexity index is 1810. The zero-order valence-electron chi connectivity index (χ0n) is 21.1. The Kier molecular flexibility index (Phi) is 6.43. The van der Waals surface area contributed by atoms with Gasteiger partial charge >= 0.3 is 0 Å². The standard InChI is InChI=1S/C27H24ClF2N9O/c28-23-9-17(40)8-22(37-23)27(32)4-1-5-38(12-27)21-10-33-20(15-2-3-18(29)19(30)6-15)7-16(21)11-39-14-36-24-25(31)34-13-35-26(24)39/h2-3,6-10,13-14H,1,4-5,11-12,32H2,(H,37,40)(H2,31,34,35)/t27-/m1/s1. The quantitative estimate of drug-likeness (QED) is 0.275. The zero-order valence-corrected chi connectivity index (χ0v) is 21.9. The number of fused-ring (bicyclic) bond motifs is 1. The van der Waals surface area contributed by atoms with Gasteiger partial charge in [-0.25, -0.2) is 23.7 Å². The number of rotatable bonds is 5. The average Bonchev–Trinajstić information content (AvgIpc) is 3.34. The fourth-order valence-corrected chi connectivity index (χ4v) is 5.41. The molecule has 6 rings (SSSR count). The van der Waals surface area contributed by atoms with Gasteiger partial charge in [0.2, 0.25) is 0 Å². The molecule has 5 N–H and O–H groups in total. The number of imidazole rings is 1. The molecule has 5 heterocycles. The molecule has 0 radical (unpaired) electrons. The van der Waals surface area contributed by atoms with Crippen LogP contribution in [0.4, 0.5) is 20.3 Å². The van der Waals surface area contributed by atoms with E-state index in [0.29, 0.717) is 54.2 Å². The van der Waals surface area contributed by atoms with E-state index < -0.39 is 17.2 Å². The molecule has 1 saturated heterocycles. The van der Waals surface area contributed by atoms with Crippen molar-refractivity contribution in [2.24, 2.45) is 5.73 Å². The van der Waals surface area contributed by atoms with Crippen LogP contribution in [-0.4, -0.2) is 42.6 Å². The van der Waals surface area contributed by atoms with Crippen molar-refractivity contribution in [2.45, 2.75) is 24.9 Å². The summed E-state index contributed by atoms with van der Waals surface area (Å²) in [5.74, 6) is -1.63. The second-order valence-electron chi connectivity index (χ2n) is 9.89. The molecule has 40 heavy (non-hydrogen) atoms. The number of piperidine rings is 1. The summed E-state index contributed by atoms with van der Waals surface area (Å²) in [6, 6.07) is 8.27. The number of aromatic amines is 1. The number of anilines is 2. The summed E-state index contributed by atoms with van der Waals surface area (Å²) in [5.41, 5.74) is 15.8. The third kappa shape index (κ3) is 4.75. The van der Waals surface area contributed by atoms with Crippen LogP contribution in [0, 0.1) is 11.6 Å². The van der Waals surface area contributed by atoms with E-state index in [1.165, 1.54) is 24.5 Å². The number of nitrogens with zero attached hydrogens (tertiary/aromatic N) is 6. The molecule has 5 aromatic rings. The Labute approximate surface area is 231 Å². The molecule has 1 aliphatic rings. The number of aromatic nitrogens is 6. The van der Waals surface area contributed by atoms with Crippen molar-refractivity contribution in [3.05, 3.63) is 93.5 Å². The lowest BCUT2D eigenvalue weighted by atomic mass is 9.86. The third-order valence-corrected chi connectivity index (χ3v) is 7.37. The van der Waals surface area contributed by atoms with E-state index in [4.69, 9.17) is 23.1 Å². The van der Waals surface area contributed by atoms with Gasteiger partial charge in [0.05, 0.1) is 36.0 Å². The topological polar surface area (TPSA) is 145 Å². The Morgan fingerprint density at radius 3 is 2.73 bits per heavy atom. The highest BCUT2D eigenvalue weighted by molar-refractivity contribution is 6.29. The fraction of sp³-hybridized carbons (Fsp3) is 0.222. The van der Waals surface area contributed by atoms with Crippen LogP contribution in [0.2, 0.25) is 5.15 Å². The number of H-pyrrole nitrogens is 1. The van der Waals surface area contributed by atoms with E-state index in [2.05, 4.69) is 29.8 Å². The number of nitrogens with one attached hydrogen (secondary N) is 1. The van der Waals surface area contributed by atoms with E-state index in [-0.39, 0.29) is 16.4 Å². The second kappa shape index (κ2) is 9.96. The smallest absolute Gasteiger partial charge is 0.183 e. The van der Waals surface area contributed by atoms with Crippen LogP contribution in [0.15, 0.2) is 60.0 Å². The van der Waals surface area contributed by atoms with Crippen molar-refractivity contribution in [2.75, 3.05) is 23.7 Å². The van der Waals surface area contributed by atoms with Gasteiger partial charge in [-0.3, -0.25) is 9.78 Å². The van der Waals surface area contributed by atoms with Crippen LogP contribution in [-0.2, 0) is 12.1 Å². The van der Waals surface area contributed by atoms with E-state index in [0.717, 1.165) is 29.8 Å². The molecule has 4 aromatic heterocycles. The van der Waals surface area contributed by atoms with Gasteiger partial charge in [-0.05, 0) is 42.7 Å². The highest BCUT2D eigenvalue weighted by atomic mass is 35.5. The summed E-state index contributed by atoms with van der Waals surface area (Å²) in [6.45, 7) is 1.38. The first-order valence-corrected chi connectivity index (χ1v) is 12.9. The molecule has 10 nitrogen and oxygen atoms in total. The molecular formula is C27H24ClF2N9O. The summed E-state index contributed by atoms with van der Waals surface area (Å²) in [4.78, 5) is 34.6. The lowest BCUT2D eigenvalue weighted by Crippen LogP contribution is -2.53. The normalized spacial score (nSPS) is 17.4. The zero-order chi connectivity index (χ0) is 28.0. The van der Waals surface area contributed by atoms with Crippen LogP contribution < -0.4 is 21.8 Å². The molecule has 1 atom stereocenters. The first-order chi connectivity index (χ1) is 19.2. The summed E-state index contributed by atoms with van der Waals surface area (Å²) in [7, 11) is 0. The van der Waals surface area contributed by atoms with Crippen LogP contribution in [0.1, 0.15) is 24.1 Å². The van der Waals surface area contributed by atoms with Gasteiger partial charge in [0.15, 0.2) is 28.5 Å². The van der Waals surface area contributed by atoms with E-state index in [1.54, 1.807) is 12.5 Å². The van der Waals surface area contributed by atoms with Gasteiger partial charge in [-0.1, -0.05) is 11.6 Å². The highest BCUT2D eigenvalue weighted by Gasteiger charge is 2.35. The molecular weight excluding hydrogens is 540 g/mol. The Hall–Kier alpha value is -4.42. The number of benzene rings is 1. The summed E-state index contributed by atoms with van der Waals surface area (Å²) >= 11 is 6.13. The third-order valence-electron chi connectivity index (χ3n) is 7.16. The minimum Gasteiger partial charge on any atom is -0.382 e. The maximum absolute atomic E-state index is 14.1. The average molecular weight is 564 g/mol. The molecule has 0 spiro atoms. The molecule has 1 aliphatic heterocycles. The van der Waals surface area contributed by atoms with Gasteiger partial charge in [-0.2, -0.15) is 0 Å². The van der Waals surface area contributed by atoms with Crippen molar-refractivity contribution in [3.63, 3.8) is 0 Å². The number of nitrogens with two attached hydrogens (primary N) is 2. The number of halogens is 3. The maximum Gasteiger partial charge on any atom is 0.183 e. The molecule has 13 heteroatoms. The molecule has 1 aromatic carbocycles. The highest BCUT2D eigenvalue weighted by Crippen LogP contribution is 2.34. The van der Waals surface area contributed by atoms with Gasteiger partial charge < -0.3 is 25.9 Å². The molecule has 0 unspecified atom stereocenters. The van der Waals surface area contributed by atoms with E-state index >= 15 is 0 Å². The second-order valence-corrected chi connectivity index (χ2v) is 10.3. The minimum atomic E-state index is -0.961. The minimum absolute atomic E-state index is 0.218. The predicted octanol–water partition coefficient (Wildman–Crippen LogP) is 3.59. The van der Waals surface area contributed by atoms with Gasteiger partial charge in [0.1, 0.15) is 17.0 Å². The number of nitrogen functional groups attached to an aromatic ring is 1. The van der Waals surface area contributed by atoms with Gasteiger partial charge in [0, 0.05) is 36.5 Å². The predicted molar refractivity (Wildman–Crippen MR) is 148 cm³/mol. The summed E-state index contributed by atoms with van der Waals surface area (Å²) < 4.78 is 29.5. The lowest BCUT2D eigenvalue weighted by Gasteiger charge is -2.42. The first-order valence-electron chi connectivity index (χ1n) is 12.5. The molecule has 0 aliphatic carbocycles. The van der Waals surface area contributed by atoms with Crippen molar-refractivity contribution in [1.29, 1.82) is 0 Å². The van der Waals surface area contributed by atoms with Crippen molar-refractivity contribution < 1.29 is 8.78 Å². The van der Waals surface area contributed by atoms with Gasteiger partial charge in [-0.15, -0.1) is 0 Å². The number of hydrogen-bond donors (Lipinski definition) is 3. The molecule has 1 fully saturated rings. The monoisotopic (exact) mass is 563 g/mol. The van der Waals surface area contributed by atoms with Crippen LogP contribution in [0.3, 0.4) is 0 Å². The van der Waals surface area contributed by atoms with Crippen molar-refractivity contribution in [1.82, 2.24) is 29.5 Å². The van der Waals surface area contributed by atoms with Crippen LogP contribution >= 0.6 is 11.6 Å². The largest absolute Gasteiger partial charge is 0.382 e. The Morgan fingerprint density at radius 1 is 1.07 bits per heavy atom. The molecule has 0 saturated carbocycles. The van der Waals surface area contributed by atoms with E-state index in [9.17, 15) is 13.6 Å². The van der Waals surface area contributed by atoms with Crippen molar-refractivity contribution in [3.8, 4) is 11.3 Å².